The van der Waals surface area contributed by atoms with Crippen LogP contribution < -0.4 is 9.64 Å². The van der Waals surface area contributed by atoms with E-state index in [0.717, 1.165) is 11.1 Å². The van der Waals surface area contributed by atoms with E-state index in [9.17, 15) is 19.1 Å². The van der Waals surface area contributed by atoms with Gasteiger partial charge in [-0.05, 0) is 85.5 Å². The van der Waals surface area contributed by atoms with Gasteiger partial charge in [0.15, 0.2) is 0 Å². The molecule has 0 aliphatic carbocycles. The lowest BCUT2D eigenvalue weighted by Crippen LogP contribution is -2.29. The number of rotatable bonds is 4. The van der Waals surface area contributed by atoms with Crippen LogP contribution in [0.25, 0.3) is 5.76 Å². The Labute approximate surface area is 191 Å². The molecule has 5 nitrogen and oxygen atoms in total. The molecule has 0 bridgehead atoms. The second kappa shape index (κ2) is 8.54. The summed E-state index contributed by atoms with van der Waals surface area (Å²) in [7, 11) is 1.53. The summed E-state index contributed by atoms with van der Waals surface area (Å²) in [5.74, 6) is -1.77. The zero-order chi connectivity index (χ0) is 23.9. The molecule has 4 rings (SSSR count). The van der Waals surface area contributed by atoms with Crippen molar-refractivity contribution in [3.05, 3.63) is 99.9 Å². The minimum absolute atomic E-state index is 0.0579. The van der Waals surface area contributed by atoms with Crippen LogP contribution >= 0.6 is 0 Å². The molecule has 1 N–H and O–H groups in total. The summed E-state index contributed by atoms with van der Waals surface area (Å²) in [4.78, 5) is 27.9. The molecule has 6 heteroatoms. The topological polar surface area (TPSA) is 66.8 Å². The van der Waals surface area contributed by atoms with E-state index in [0.29, 0.717) is 22.6 Å². The van der Waals surface area contributed by atoms with Crippen LogP contribution in [0.1, 0.15) is 33.9 Å². The average Bonchev–Trinajstić information content (AvgIpc) is 3.07. The third kappa shape index (κ3) is 3.89. The highest BCUT2D eigenvalue weighted by molar-refractivity contribution is 6.51. The first kappa shape index (κ1) is 22.3. The number of Topliss-reactive ketones (excluding diaryl/α,β-unsaturated/α-hetero) is 1. The van der Waals surface area contributed by atoms with Crippen molar-refractivity contribution in [2.75, 3.05) is 12.0 Å². The zero-order valence-electron chi connectivity index (χ0n) is 18.8. The highest BCUT2D eigenvalue weighted by atomic mass is 19.1. The van der Waals surface area contributed by atoms with Crippen molar-refractivity contribution < 1.29 is 23.8 Å². The molecule has 1 amide bonds. The number of aliphatic hydroxyl groups is 1. The molecule has 0 aromatic heterocycles. The van der Waals surface area contributed by atoms with Crippen LogP contribution in [0.15, 0.2) is 66.2 Å². The Kier molecular flexibility index (Phi) is 5.77. The summed E-state index contributed by atoms with van der Waals surface area (Å²) in [5.41, 5.74) is 3.69. The number of methoxy groups -OCH3 is 1. The average molecular weight is 445 g/mol. The molecular formula is C27H24FNO4. The number of aliphatic hydroxyl groups excluding tert-OH is 1. The molecule has 1 heterocycles. The first-order valence-electron chi connectivity index (χ1n) is 10.5. The number of hydrogen-bond acceptors (Lipinski definition) is 4. The molecule has 0 saturated carbocycles. The Morgan fingerprint density at radius 1 is 0.939 bits per heavy atom. The largest absolute Gasteiger partial charge is 0.507 e. The normalized spacial score (nSPS) is 17.5. The van der Waals surface area contributed by atoms with Gasteiger partial charge in [-0.1, -0.05) is 18.2 Å². The van der Waals surface area contributed by atoms with Gasteiger partial charge in [-0.3, -0.25) is 14.5 Å². The fourth-order valence-corrected chi connectivity index (χ4v) is 4.05. The van der Waals surface area contributed by atoms with E-state index in [4.69, 9.17) is 4.74 Å². The monoisotopic (exact) mass is 445 g/mol. The van der Waals surface area contributed by atoms with Gasteiger partial charge in [0.05, 0.1) is 18.7 Å². The summed E-state index contributed by atoms with van der Waals surface area (Å²) < 4.78 is 19.2. The third-order valence-electron chi connectivity index (χ3n) is 6.05. The highest BCUT2D eigenvalue weighted by Gasteiger charge is 2.47. The van der Waals surface area contributed by atoms with Crippen LogP contribution in [-0.2, 0) is 9.59 Å². The predicted octanol–water partition coefficient (Wildman–Crippen LogP) is 5.39. The van der Waals surface area contributed by atoms with Crippen LogP contribution in [0.2, 0.25) is 0 Å². The predicted molar refractivity (Wildman–Crippen MR) is 125 cm³/mol. The second-order valence-corrected chi connectivity index (χ2v) is 8.18. The van der Waals surface area contributed by atoms with Gasteiger partial charge >= 0.3 is 0 Å². The SMILES string of the molecule is COc1cccc(C2/C(=C(\O)c3ccc(F)c(C)c3)C(=O)C(=O)N2c2ccc(C)c(C)c2)c1. The van der Waals surface area contributed by atoms with Gasteiger partial charge in [-0.2, -0.15) is 0 Å². The summed E-state index contributed by atoms with van der Waals surface area (Å²) >= 11 is 0. The van der Waals surface area contributed by atoms with E-state index in [1.54, 1.807) is 37.3 Å². The maximum atomic E-state index is 13.8. The molecule has 1 fully saturated rings. The molecule has 33 heavy (non-hydrogen) atoms. The lowest BCUT2D eigenvalue weighted by Gasteiger charge is -2.26. The fraction of sp³-hybridized carbons (Fsp3) is 0.185. The summed E-state index contributed by atoms with van der Waals surface area (Å²) in [6.07, 6.45) is 0. The molecule has 1 unspecified atom stereocenters. The Bertz CT molecular complexity index is 1310. The number of aryl methyl sites for hydroxylation is 3. The van der Waals surface area contributed by atoms with Gasteiger partial charge in [0.25, 0.3) is 11.7 Å². The van der Waals surface area contributed by atoms with Crippen LogP contribution in [0.4, 0.5) is 10.1 Å². The van der Waals surface area contributed by atoms with Crippen molar-refractivity contribution in [3.8, 4) is 5.75 Å². The second-order valence-electron chi connectivity index (χ2n) is 8.18. The van der Waals surface area contributed by atoms with Crippen molar-refractivity contribution in [2.45, 2.75) is 26.8 Å². The van der Waals surface area contributed by atoms with Crippen molar-refractivity contribution in [3.63, 3.8) is 0 Å². The summed E-state index contributed by atoms with van der Waals surface area (Å²) in [5, 5.41) is 11.2. The smallest absolute Gasteiger partial charge is 0.300 e. The molecule has 1 atom stereocenters. The highest BCUT2D eigenvalue weighted by Crippen LogP contribution is 2.43. The maximum absolute atomic E-state index is 13.8. The van der Waals surface area contributed by atoms with Crippen molar-refractivity contribution >= 4 is 23.1 Å². The van der Waals surface area contributed by atoms with E-state index in [-0.39, 0.29) is 16.9 Å². The number of nitrogens with zero attached hydrogens (tertiary/aromatic N) is 1. The summed E-state index contributed by atoms with van der Waals surface area (Å²) in [6, 6.07) is 15.7. The number of carbonyl (C=O) groups is 2. The van der Waals surface area contributed by atoms with Crippen LogP contribution in [0, 0.1) is 26.6 Å². The third-order valence-corrected chi connectivity index (χ3v) is 6.05. The molecule has 3 aromatic rings. The van der Waals surface area contributed by atoms with E-state index >= 15 is 0 Å². The Hall–Kier alpha value is -3.93. The van der Waals surface area contributed by atoms with Crippen molar-refractivity contribution in [1.29, 1.82) is 0 Å². The lowest BCUT2D eigenvalue weighted by molar-refractivity contribution is -0.132. The van der Waals surface area contributed by atoms with Crippen LogP contribution in [0.5, 0.6) is 5.75 Å². The minimum atomic E-state index is -0.882. The van der Waals surface area contributed by atoms with Gasteiger partial charge < -0.3 is 9.84 Å². The number of hydrogen-bond donors (Lipinski definition) is 1. The van der Waals surface area contributed by atoms with E-state index in [1.165, 1.54) is 30.2 Å². The minimum Gasteiger partial charge on any atom is -0.507 e. The van der Waals surface area contributed by atoms with E-state index in [2.05, 4.69) is 0 Å². The van der Waals surface area contributed by atoms with Gasteiger partial charge in [0.2, 0.25) is 0 Å². The Morgan fingerprint density at radius 2 is 1.70 bits per heavy atom. The number of carbonyl (C=O) groups excluding carboxylic acids is 2. The fourth-order valence-electron chi connectivity index (χ4n) is 4.05. The molecule has 0 spiro atoms. The van der Waals surface area contributed by atoms with Crippen LogP contribution in [0.3, 0.4) is 0 Å². The first-order valence-corrected chi connectivity index (χ1v) is 10.5. The zero-order valence-corrected chi connectivity index (χ0v) is 18.8. The number of ether oxygens (including phenoxy) is 1. The van der Waals surface area contributed by atoms with Crippen molar-refractivity contribution in [2.24, 2.45) is 0 Å². The lowest BCUT2D eigenvalue weighted by atomic mass is 9.94. The number of anilines is 1. The Balaban J connectivity index is 1.97. The van der Waals surface area contributed by atoms with Gasteiger partial charge in [0, 0.05) is 11.3 Å². The molecule has 1 saturated heterocycles. The molecule has 0 radical (unpaired) electrons. The number of ketones is 1. The maximum Gasteiger partial charge on any atom is 0.300 e. The van der Waals surface area contributed by atoms with Crippen LogP contribution in [-0.4, -0.2) is 23.9 Å². The van der Waals surface area contributed by atoms with Gasteiger partial charge in [-0.15, -0.1) is 0 Å². The quantitative estimate of drug-likeness (QED) is 0.332. The molecule has 3 aromatic carbocycles. The standard InChI is InChI=1S/C27H24FNO4/c1-15-8-10-20(13-16(15)2)29-24(18-6-5-7-21(14-18)33-4)23(26(31)27(29)32)25(30)19-9-11-22(28)17(3)12-19/h5-14,24,30H,1-4H3/b25-23+. The number of halogens is 1. The summed E-state index contributed by atoms with van der Waals surface area (Å²) in [6.45, 7) is 5.46. The molecule has 168 valence electrons. The number of benzene rings is 3. The molecule has 1 aliphatic heterocycles. The van der Waals surface area contributed by atoms with Gasteiger partial charge in [-0.25, -0.2) is 4.39 Å². The van der Waals surface area contributed by atoms with Gasteiger partial charge in [0.1, 0.15) is 17.3 Å². The Morgan fingerprint density at radius 3 is 2.36 bits per heavy atom. The molecular weight excluding hydrogens is 421 g/mol. The van der Waals surface area contributed by atoms with E-state index in [1.807, 2.05) is 26.0 Å². The first-order chi connectivity index (χ1) is 15.7. The van der Waals surface area contributed by atoms with E-state index < -0.39 is 23.5 Å². The number of amides is 1. The van der Waals surface area contributed by atoms with Crippen molar-refractivity contribution in [1.82, 2.24) is 0 Å². The molecule has 1 aliphatic rings.